The molecular formula is C20H22N2O4S. The first kappa shape index (κ1) is 20.5. The van der Waals surface area contributed by atoms with Gasteiger partial charge in [-0.15, -0.1) is 0 Å². The summed E-state index contributed by atoms with van der Waals surface area (Å²) in [5.41, 5.74) is 2.07. The molecule has 6 nitrogen and oxygen atoms in total. The number of hydrogen-bond donors (Lipinski definition) is 1. The first-order valence-corrected chi connectivity index (χ1v) is 9.44. The second kappa shape index (κ2) is 10.3. The molecule has 0 saturated carbocycles. The lowest BCUT2D eigenvalue weighted by Crippen LogP contribution is -2.26. The van der Waals surface area contributed by atoms with Crippen molar-refractivity contribution < 1.29 is 19.0 Å². The van der Waals surface area contributed by atoms with Crippen LogP contribution in [-0.2, 0) is 5.75 Å². The Labute approximate surface area is 163 Å². The topological polar surface area (TPSA) is 80.6 Å². The predicted octanol–water partition coefficient (Wildman–Crippen LogP) is 3.25. The van der Waals surface area contributed by atoms with Crippen molar-refractivity contribution in [2.45, 2.75) is 5.75 Å². The largest absolute Gasteiger partial charge is 0.493 e. The number of carbonyl (C=O) groups excluding carboxylic acids is 1. The van der Waals surface area contributed by atoms with Crippen LogP contribution in [0.3, 0.4) is 0 Å². The van der Waals surface area contributed by atoms with E-state index in [4.69, 9.17) is 19.5 Å². The zero-order chi connectivity index (χ0) is 19.6. The summed E-state index contributed by atoms with van der Waals surface area (Å²) in [7, 11) is 4.51. The first-order valence-electron chi connectivity index (χ1n) is 8.29. The normalized spacial score (nSPS) is 10.0. The number of nitrogens with one attached hydrogen (secondary N) is 1. The molecule has 1 N–H and O–H groups in total. The Balaban J connectivity index is 1.92. The van der Waals surface area contributed by atoms with E-state index in [1.807, 2.05) is 18.2 Å². The molecule has 0 heterocycles. The molecule has 2 aromatic rings. The van der Waals surface area contributed by atoms with Crippen molar-refractivity contribution in [3.05, 3.63) is 53.1 Å². The van der Waals surface area contributed by atoms with E-state index >= 15 is 0 Å². The van der Waals surface area contributed by atoms with Gasteiger partial charge in [-0.2, -0.15) is 17.0 Å². The number of ether oxygens (including phenoxy) is 3. The van der Waals surface area contributed by atoms with E-state index in [9.17, 15) is 4.79 Å². The lowest BCUT2D eigenvalue weighted by molar-refractivity contribution is 0.0952. The summed E-state index contributed by atoms with van der Waals surface area (Å²) < 4.78 is 15.9. The predicted molar refractivity (Wildman–Crippen MR) is 106 cm³/mol. The van der Waals surface area contributed by atoms with Crippen molar-refractivity contribution in [3.8, 4) is 23.3 Å². The molecule has 0 spiro atoms. The highest BCUT2D eigenvalue weighted by atomic mass is 32.2. The Hall–Kier alpha value is -2.85. The van der Waals surface area contributed by atoms with Crippen molar-refractivity contribution in [1.82, 2.24) is 5.32 Å². The van der Waals surface area contributed by atoms with E-state index in [0.29, 0.717) is 34.9 Å². The van der Waals surface area contributed by atoms with Crippen LogP contribution < -0.4 is 19.5 Å². The monoisotopic (exact) mass is 386 g/mol. The van der Waals surface area contributed by atoms with E-state index in [-0.39, 0.29) is 5.91 Å². The SMILES string of the molecule is COc1ccc(C(=O)NCCSCc2ccccc2C#N)c(OC)c1OC. The second-order valence-electron chi connectivity index (χ2n) is 5.46. The molecule has 0 aliphatic rings. The van der Waals surface area contributed by atoms with Gasteiger partial charge >= 0.3 is 0 Å². The Morgan fingerprint density at radius 2 is 1.81 bits per heavy atom. The Morgan fingerprint density at radius 3 is 2.48 bits per heavy atom. The molecular weight excluding hydrogens is 364 g/mol. The Morgan fingerprint density at radius 1 is 1.07 bits per heavy atom. The average molecular weight is 386 g/mol. The van der Waals surface area contributed by atoms with Crippen molar-refractivity contribution in [2.75, 3.05) is 33.6 Å². The molecule has 2 rings (SSSR count). The van der Waals surface area contributed by atoms with Gasteiger partial charge in [0, 0.05) is 18.1 Å². The third kappa shape index (κ3) is 5.08. The van der Waals surface area contributed by atoms with Gasteiger partial charge in [-0.25, -0.2) is 0 Å². The van der Waals surface area contributed by atoms with Crippen LogP contribution in [0, 0.1) is 11.3 Å². The summed E-state index contributed by atoms with van der Waals surface area (Å²) in [6.07, 6.45) is 0. The van der Waals surface area contributed by atoms with Gasteiger partial charge in [0.2, 0.25) is 5.75 Å². The number of benzene rings is 2. The fourth-order valence-corrected chi connectivity index (χ4v) is 3.41. The van der Waals surface area contributed by atoms with Gasteiger partial charge in [-0.05, 0) is 23.8 Å². The van der Waals surface area contributed by atoms with Crippen molar-refractivity contribution >= 4 is 17.7 Å². The molecule has 7 heteroatoms. The number of nitriles is 1. The van der Waals surface area contributed by atoms with Gasteiger partial charge in [0.1, 0.15) is 0 Å². The fourth-order valence-electron chi connectivity index (χ4n) is 2.55. The molecule has 1 amide bonds. The molecule has 0 aliphatic heterocycles. The van der Waals surface area contributed by atoms with Crippen LogP contribution in [0.15, 0.2) is 36.4 Å². The van der Waals surface area contributed by atoms with Crippen LogP contribution in [0.1, 0.15) is 21.5 Å². The van der Waals surface area contributed by atoms with Crippen molar-refractivity contribution in [2.24, 2.45) is 0 Å². The molecule has 2 aromatic carbocycles. The van der Waals surface area contributed by atoms with Crippen LogP contribution in [-0.4, -0.2) is 39.5 Å². The lowest BCUT2D eigenvalue weighted by atomic mass is 10.1. The van der Waals surface area contributed by atoms with Crippen LogP contribution in [0.2, 0.25) is 0 Å². The van der Waals surface area contributed by atoms with E-state index in [1.54, 1.807) is 30.0 Å². The quantitative estimate of drug-likeness (QED) is 0.667. The van der Waals surface area contributed by atoms with E-state index in [0.717, 1.165) is 17.1 Å². The van der Waals surface area contributed by atoms with Gasteiger partial charge in [-0.1, -0.05) is 18.2 Å². The number of hydrogen-bond acceptors (Lipinski definition) is 6. The minimum atomic E-state index is -0.245. The highest BCUT2D eigenvalue weighted by Crippen LogP contribution is 2.39. The molecule has 142 valence electrons. The maximum Gasteiger partial charge on any atom is 0.255 e. The van der Waals surface area contributed by atoms with Crippen LogP contribution in [0.25, 0.3) is 0 Å². The summed E-state index contributed by atoms with van der Waals surface area (Å²) in [6.45, 7) is 0.496. The second-order valence-corrected chi connectivity index (χ2v) is 6.56. The molecule has 0 aromatic heterocycles. The lowest BCUT2D eigenvalue weighted by Gasteiger charge is -2.15. The van der Waals surface area contributed by atoms with Crippen molar-refractivity contribution in [3.63, 3.8) is 0 Å². The van der Waals surface area contributed by atoms with E-state index in [2.05, 4.69) is 11.4 Å². The van der Waals surface area contributed by atoms with Gasteiger partial charge in [0.15, 0.2) is 11.5 Å². The fraction of sp³-hybridized carbons (Fsp3) is 0.300. The highest BCUT2D eigenvalue weighted by Gasteiger charge is 2.20. The Kier molecular flexibility index (Phi) is 7.83. The minimum absolute atomic E-state index is 0.245. The van der Waals surface area contributed by atoms with Crippen LogP contribution >= 0.6 is 11.8 Å². The number of carbonyl (C=O) groups is 1. The maximum atomic E-state index is 12.5. The standard InChI is InChI=1S/C20H22N2O4S/c1-24-17-9-8-16(18(25-2)19(17)26-3)20(23)22-10-11-27-13-15-7-5-4-6-14(15)12-21/h4-9H,10-11,13H2,1-3H3,(H,22,23). The molecule has 0 fully saturated rings. The smallest absolute Gasteiger partial charge is 0.255 e. The highest BCUT2D eigenvalue weighted by molar-refractivity contribution is 7.98. The zero-order valence-corrected chi connectivity index (χ0v) is 16.4. The van der Waals surface area contributed by atoms with Gasteiger partial charge in [-0.3, -0.25) is 4.79 Å². The first-order chi connectivity index (χ1) is 13.2. The van der Waals surface area contributed by atoms with Crippen molar-refractivity contribution in [1.29, 1.82) is 5.26 Å². The molecule has 0 radical (unpaired) electrons. The molecule has 0 atom stereocenters. The number of methoxy groups -OCH3 is 3. The van der Waals surface area contributed by atoms with Gasteiger partial charge in [0.05, 0.1) is 38.5 Å². The van der Waals surface area contributed by atoms with Crippen LogP contribution in [0.4, 0.5) is 0 Å². The summed E-state index contributed by atoms with van der Waals surface area (Å²) in [4.78, 5) is 12.5. The summed E-state index contributed by atoms with van der Waals surface area (Å²) in [5.74, 6) is 2.42. The maximum absolute atomic E-state index is 12.5. The van der Waals surface area contributed by atoms with Gasteiger partial charge in [0.25, 0.3) is 5.91 Å². The molecule has 0 saturated heterocycles. The molecule has 0 bridgehead atoms. The molecule has 27 heavy (non-hydrogen) atoms. The third-order valence-electron chi connectivity index (χ3n) is 3.88. The average Bonchev–Trinajstić information content (AvgIpc) is 2.72. The van der Waals surface area contributed by atoms with Gasteiger partial charge < -0.3 is 19.5 Å². The van der Waals surface area contributed by atoms with Crippen LogP contribution in [0.5, 0.6) is 17.2 Å². The summed E-state index contributed by atoms with van der Waals surface area (Å²) in [6, 6.07) is 13.0. The molecule has 0 aliphatic carbocycles. The number of nitrogens with zero attached hydrogens (tertiary/aromatic N) is 1. The minimum Gasteiger partial charge on any atom is -0.493 e. The zero-order valence-electron chi connectivity index (χ0n) is 15.6. The Bertz CT molecular complexity index is 833. The summed E-state index contributed by atoms with van der Waals surface area (Å²) >= 11 is 1.65. The number of rotatable bonds is 9. The van der Waals surface area contributed by atoms with E-state index < -0.39 is 0 Å². The third-order valence-corrected chi connectivity index (χ3v) is 4.88. The number of amides is 1. The molecule has 0 unspecified atom stereocenters. The van der Waals surface area contributed by atoms with E-state index in [1.165, 1.54) is 21.3 Å². The summed E-state index contributed by atoms with van der Waals surface area (Å²) in [5, 5.41) is 12.0. The number of thioether (sulfide) groups is 1.